The first kappa shape index (κ1) is 15.1. The van der Waals surface area contributed by atoms with E-state index in [9.17, 15) is 9.59 Å². The molecule has 0 saturated carbocycles. The van der Waals surface area contributed by atoms with Crippen molar-refractivity contribution < 1.29 is 19.8 Å². The van der Waals surface area contributed by atoms with Gasteiger partial charge in [-0.2, -0.15) is 0 Å². The quantitative estimate of drug-likeness (QED) is 0.594. The molecule has 17 heavy (non-hydrogen) atoms. The van der Waals surface area contributed by atoms with Crippen molar-refractivity contribution >= 4 is 11.9 Å². The highest BCUT2D eigenvalue weighted by molar-refractivity contribution is 5.75. The summed E-state index contributed by atoms with van der Waals surface area (Å²) in [7, 11) is 0. The fourth-order valence-corrected chi connectivity index (χ4v) is 1.07. The van der Waals surface area contributed by atoms with Crippen LogP contribution in [0.3, 0.4) is 0 Å². The Labute approximate surface area is 98.9 Å². The van der Waals surface area contributed by atoms with E-state index in [0.717, 1.165) is 5.56 Å². The van der Waals surface area contributed by atoms with Crippen molar-refractivity contribution in [2.24, 2.45) is 11.5 Å². The molecule has 1 aromatic carbocycles. The highest BCUT2D eigenvalue weighted by Gasteiger charge is 2.14. The van der Waals surface area contributed by atoms with Gasteiger partial charge in [0, 0.05) is 0 Å². The van der Waals surface area contributed by atoms with E-state index in [2.05, 4.69) is 5.73 Å². The van der Waals surface area contributed by atoms with Gasteiger partial charge < -0.3 is 21.7 Å². The van der Waals surface area contributed by atoms with E-state index in [1.165, 1.54) is 0 Å². The molecule has 0 aromatic heterocycles. The zero-order chi connectivity index (χ0) is 13.4. The van der Waals surface area contributed by atoms with Gasteiger partial charge in [0.25, 0.3) is 0 Å². The van der Waals surface area contributed by atoms with Gasteiger partial charge in [-0.3, -0.25) is 9.59 Å². The standard InChI is InChI=1S/C9H11NO2.C2H5NO2/c1-6-4-2-3-5-7(6)8(10)9(11)12;3-1-2(4)5/h2-5,8H,10H2,1H3,(H,11,12);1,3H2,(H,4,5). The molecule has 0 aliphatic heterocycles. The van der Waals surface area contributed by atoms with Crippen molar-refractivity contribution in [2.45, 2.75) is 13.0 Å². The van der Waals surface area contributed by atoms with Crippen LogP contribution >= 0.6 is 0 Å². The molecule has 0 bridgehead atoms. The zero-order valence-electron chi connectivity index (χ0n) is 9.46. The molecule has 1 rings (SSSR count). The highest BCUT2D eigenvalue weighted by atomic mass is 16.4. The average Bonchev–Trinajstić information content (AvgIpc) is 2.29. The molecule has 0 spiro atoms. The molecule has 6 heteroatoms. The monoisotopic (exact) mass is 240 g/mol. The molecule has 0 radical (unpaired) electrons. The third-order valence-electron chi connectivity index (χ3n) is 1.96. The van der Waals surface area contributed by atoms with Crippen molar-refractivity contribution in [3.05, 3.63) is 35.4 Å². The van der Waals surface area contributed by atoms with Gasteiger partial charge in [0.2, 0.25) is 0 Å². The van der Waals surface area contributed by atoms with Gasteiger partial charge in [0.1, 0.15) is 6.04 Å². The first-order valence-corrected chi connectivity index (χ1v) is 4.86. The lowest BCUT2D eigenvalue weighted by Gasteiger charge is -2.08. The van der Waals surface area contributed by atoms with E-state index in [1.807, 2.05) is 19.1 Å². The van der Waals surface area contributed by atoms with Crippen LogP contribution in [0.2, 0.25) is 0 Å². The number of carboxylic acid groups (broad SMARTS) is 2. The second-order valence-corrected chi connectivity index (χ2v) is 3.27. The number of nitrogens with two attached hydrogens (primary N) is 2. The summed E-state index contributed by atoms with van der Waals surface area (Å²) < 4.78 is 0. The molecule has 1 atom stereocenters. The van der Waals surface area contributed by atoms with Gasteiger partial charge in [-0.05, 0) is 18.1 Å². The number of aryl methyl sites for hydroxylation is 1. The lowest BCUT2D eigenvalue weighted by molar-refractivity contribution is -0.138. The van der Waals surface area contributed by atoms with Crippen LogP contribution in [0.25, 0.3) is 0 Å². The number of hydrogen-bond donors (Lipinski definition) is 4. The molecule has 0 saturated heterocycles. The van der Waals surface area contributed by atoms with E-state index in [1.54, 1.807) is 12.1 Å². The highest BCUT2D eigenvalue weighted by Crippen LogP contribution is 2.14. The van der Waals surface area contributed by atoms with Crippen LogP contribution in [-0.4, -0.2) is 28.7 Å². The first-order chi connectivity index (χ1) is 7.90. The Morgan fingerprint density at radius 3 is 2.12 bits per heavy atom. The van der Waals surface area contributed by atoms with E-state index in [-0.39, 0.29) is 6.54 Å². The second kappa shape index (κ2) is 7.37. The summed E-state index contributed by atoms with van der Waals surface area (Å²) in [5.74, 6) is -1.96. The molecule has 0 fully saturated rings. The number of carbonyl (C=O) groups is 2. The fourth-order valence-electron chi connectivity index (χ4n) is 1.07. The van der Waals surface area contributed by atoms with Gasteiger partial charge in [-0.25, -0.2) is 0 Å². The molecule has 6 nitrogen and oxygen atoms in total. The van der Waals surface area contributed by atoms with Crippen LogP contribution in [-0.2, 0) is 9.59 Å². The Balaban J connectivity index is 0.000000437. The minimum absolute atomic E-state index is 0.278. The van der Waals surface area contributed by atoms with Crippen LogP contribution in [0.1, 0.15) is 17.2 Å². The minimum Gasteiger partial charge on any atom is -0.480 e. The van der Waals surface area contributed by atoms with Crippen LogP contribution in [0.4, 0.5) is 0 Å². The smallest absolute Gasteiger partial charge is 0.325 e. The van der Waals surface area contributed by atoms with E-state index >= 15 is 0 Å². The Kier molecular flexibility index (Phi) is 6.54. The number of carboxylic acids is 2. The molecule has 0 aliphatic carbocycles. The van der Waals surface area contributed by atoms with Crippen molar-refractivity contribution in [2.75, 3.05) is 6.54 Å². The summed E-state index contributed by atoms with van der Waals surface area (Å²) in [4.78, 5) is 19.8. The summed E-state index contributed by atoms with van der Waals surface area (Å²) in [5.41, 5.74) is 11.6. The number of rotatable bonds is 3. The maximum atomic E-state index is 10.5. The molecule has 94 valence electrons. The number of aliphatic carboxylic acids is 2. The zero-order valence-corrected chi connectivity index (χ0v) is 9.46. The largest absolute Gasteiger partial charge is 0.480 e. The van der Waals surface area contributed by atoms with E-state index < -0.39 is 18.0 Å². The van der Waals surface area contributed by atoms with Crippen LogP contribution < -0.4 is 11.5 Å². The Morgan fingerprint density at radius 1 is 1.29 bits per heavy atom. The first-order valence-electron chi connectivity index (χ1n) is 4.86. The fraction of sp³-hybridized carbons (Fsp3) is 0.273. The van der Waals surface area contributed by atoms with Crippen molar-refractivity contribution in [1.82, 2.24) is 0 Å². The Morgan fingerprint density at radius 2 is 1.76 bits per heavy atom. The van der Waals surface area contributed by atoms with Crippen molar-refractivity contribution in [1.29, 1.82) is 0 Å². The Hall–Kier alpha value is -1.92. The summed E-state index contributed by atoms with van der Waals surface area (Å²) in [6, 6.07) is 6.30. The van der Waals surface area contributed by atoms with Crippen LogP contribution in [0.5, 0.6) is 0 Å². The molecule has 0 heterocycles. The predicted molar refractivity (Wildman–Crippen MR) is 62.4 cm³/mol. The van der Waals surface area contributed by atoms with Gasteiger partial charge in [0.05, 0.1) is 6.54 Å². The second-order valence-electron chi connectivity index (χ2n) is 3.27. The van der Waals surface area contributed by atoms with Gasteiger partial charge in [-0.15, -0.1) is 0 Å². The molecule has 1 unspecified atom stereocenters. The van der Waals surface area contributed by atoms with Gasteiger partial charge in [-0.1, -0.05) is 24.3 Å². The molecule has 0 amide bonds. The summed E-state index contributed by atoms with van der Waals surface area (Å²) in [5, 5.41) is 16.2. The van der Waals surface area contributed by atoms with Gasteiger partial charge >= 0.3 is 11.9 Å². The SMILES string of the molecule is Cc1ccccc1C(N)C(=O)O.NCC(=O)O. The average molecular weight is 240 g/mol. The molecule has 0 aliphatic rings. The third kappa shape index (κ3) is 5.64. The van der Waals surface area contributed by atoms with E-state index in [4.69, 9.17) is 15.9 Å². The third-order valence-corrected chi connectivity index (χ3v) is 1.96. The predicted octanol–water partition coefficient (Wildman–Crippen LogP) is 0.109. The topological polar surface area (TPSA) is 127 Å². The summed E-state index contributed by atoms with van der Waals surface area (Å²) >= 11 is 0. The number of benzene rings is 1. The molecule has 6 N–H and O–H groups in total. The summed E-state index contributed by atoms with van der Waals surface area (Å²) in [6.07, 6.45) is 0. The van der Waals surface area contributed by atoms with Crippen LogP contribution in [0.15, 0.2) is 24.3 Å². The summed E-state index contributed by atoms with van der Waals surface area (Å²) in [6.45, 7) is 1.57. The van der Waals surface area contributed by atoms with Crippen LogP contribution in [0, 0.1) is 6.92 Å². The lowest BCUT2D eigenvalue weighted by Crippen LogP contribution is -2.21. The maximum Gasteiger partial charge on any atom is 0.325 e. The van der Waals surface area contributed by atoms with E-state index in [0.29, 0.717) is 5.56 Å². The Bertz CT molecular complexity index is 393. The number of hydrogen-bond acceptors (Lipinski definition) is 4. The normalized spacial score (nSPS) is 11.0. The maximum absolute atomic E-state index is 10.5. The lowest BCUT2D eigenvalue weighted by atomic mass is 10.0. The molecule has 1 aromatic rings. The molecular weight excluding hydrogens is 224 g/mol. The minimum atomic E-state index is -0.996. The molecular formula is C11H16N2O4. The van der Waals surface area contributed by atoms with Crippen molar-refractivity contribution in [3.63, 3.8) is 0 Å². The van der Waals surface area contributed by atoms with Gasteiger partial charge in [0.15, 0.2) is 0 Å². The van der Waals surface area contributed by atoms with Crippen molar-refractivity contribution in [3.8, 4) is 0 Å².